The maximum atomic E-state index is 5.21. The number of benzene rings is 1. The van der Waals surface area contributed by atoms with Gasteiger partial charge in [-0.05, 0) is 80.0 Å². The number of nitrogens with zero attached hydrogens (tertiary/aromatic N) is 2. The highest BCUT2D eigenvalue weighted by Gasteiger charge is 2.46. The van der Waals surface area contributed by atoms with Crippen molar-refractivity contribution in [2.45, 2.75) is 32.1 Å². The first-order chi connectivity index (χ1) is 12.3. The third kappa shape index (κ3) is 2.84. The molecule has 0 spiro atoms. The first kappa shape index (κ1) is 15.4. The lowest BCUT2D eigenvalue weighted by Gasteiger charge is -2.50. The smallest absolute Gasteiger partial charge is 0.203 e. The number of ether oxygens (including phenoxy) is 1. The van der Waals surface area contributed by atoms with Crippen LogP contribution in [0.25, 0.3) is 11.3 Å². The van der Waals surface area contributed by atoms with Gasteiger partial charge in [0, 0.05) is 16.7 Å². The Kier molecular flexibility index (Phi) is 3.77. The van der Waals surface area contributed by atoms with Crippen molar-refractivity contribution in [2.75, 3.05) is 12.5 Å². The second-order valence-corrected chi connectivity index (χ2v) is 8.58. The van der Waals surface area contributed by atoms with E-state index in [-0.39, 0.29) is 0 Å². The lowest BCUT2D eigenvalue weighted by Crippen LogP contribution is -2.45. The lowest BCUT2D eigenvalue weighted by molar-refractivity contribution is 0.108. The van der Waals surface area contributed by atoms with E-state index in [1.807, 2.05) is 24.3 Å². The van der Waals surface area contributed by atoms with Crippen molar-refractivity contribution in [3.8, 4) is 17.0 Å². The molecule has 2 aromatic rings. The summed E-state index contributed by atoms with van der Waals surface area (Å²) in [6, 6.07) is 8.02. The van der Waals surface area contributed by atoms with Crippen molar-refractivity contribution in [2.24, 2.45) is 28.8 Å². The van der Waals surface area contributed by atoms with Crippen LogP contribution in [0.15, 0.2) is 34.7 Å². The Morgan fingerprint density at radius 3 is 2.36 bits per heavy atom. The highest BCUT2D eigenvalue weighted by molar-refractivity contribution is 7.14. The van der Waals surface area contributed by atoms with Gasteiger partial charge in [-0.2, -0.15) is 5.10 Å². The third-order valence-electron chi connectivity index (χ3n) is 6.15. The molecule has 5 heteroatoms. The Balaban J connectivity index is 1.31. The zero-order chi connectivity index (χ0) is 16.8. The number of hydrazone groups is 1. The largest absolute Gasteiger partial charge is 0.497 e. The average molecular weight is 353 g/mol. The van der Waals surface area contributed by atoms with Crippen molar-refractivity contribution in [1.29, 1.82) is 0 Å². The van der Waals surface area contributed by atoms with Gasteiger partial charge in [-0.25, -0.2) is 4.98 Å². The van der Waals surface area contributed by atoms with Gasteiger partial charge in [0.2, 0.25) is 5.13 Å². The van der Waals surface area contributed by atoms with E-state index in [0.717, 1.165) is 45.8 Å². The van der Waals surface area contributed by atoms with Crippen LogP contribution >= 0.6 is 11.3 Å². The van der Waals surface area contributed by atoms with Gasteiger partial charge in [-0.3, -0.25) is 5.43 Å². The summed E-state index contributed by atoms with van der Waals surface area (Å²) < 4.78 is 5.21. The highest BCUT2D eigenvalue weighted by atomic mass is 32.1. The number of thiazole rings is 1. The van der Waals surface area contributed by atoms with E-state index in [1.165, 1.54) is 37.8 Å². The van der Waals surface area contributed by atoms with Gasteiger partial charge in [0.25, 0.3) is 0 Å². The molecule has 0 radical (unpaired) electrons. The van der Waals surface area contributed by atoms with E-state index in [4.69, 9.17) is 14.8 Å². The van der Waals surface area contributed by atoms with Gasteiger partial charge in [0.15, 0.2) is 0 Å². The van der Waals surface area contributed by atoms with Crippen LogP contribution in [0.2, 0.25) is 0 Å². The minimum absolute atomic E-state index is 0.727. The molecule has 0 saturated heterocycles. The standard InChI is InChI=1S/C20H23N3OS/c1-24-17-4-2-14(3-5-17)18-11-25-20(21-18)23-22-19-15-7-12-6-13(9-15)10-16(19)8-12/h2-5,11-13,15-16H,6-10H2,1H3,(H,21,23). The molecule has 4 saturated carbocycles. The molecule has 4 bridgehead atoms. The van der Waals surface area contributed by atoms with Crippen LogP contribution < -0.4 is 10.2 Å². The second kappa shape index (κ2) is 6.13. The van der Waals surface area contributed by atoms with Crippen LogP contribution in [0.5, 0.6) is 5.75 Å². The average Bonchev–Trinajstić information content (AvgIpc) is 3.10. The van der Waals surface area contributed by atoms with E-state index in [9.17, 15) is 0 Å². The number of hydrogen-bond acceptors (Lipinski definition) is 5. The Hall–Kier alpha value is -1.88. The van der Waals surface area contributed by atoms with Crippen LogP contribution in [-0.4, -0.2) is 17.8 Å². The first-order valence-electron chi connectivity index (χ1n) is 9.22. The predicted molar refractivity (Wildman–Crippen MR) is 102 cm³/mol. The third-order valence-corrected chi connectivity index (χ3v) is 6.89. The number of anilines is 1. The topological polar surface area (TPSA) is 46.5 Å². The van der Waals surface area contributed by atoms with Crippen molar-refractivity contribution < 1.29 is 4.74 Å². The van der Waals surface area contributed by atoms with E-state index < -0.39 is 0 Å². The van der Waals surface area contributed by atoms with Crippen molar-refractivity contribution >= 4 is 22.2 Å². The summed E-state index contributed by atoms with van der Waals surface area (Å²) in [5.74, 6) is 4.27. The summed E-state index contributed by atoms with van der Waals surface area (Å²) in [6.07, 6.45) is 6.93. The molecule has 4 aliphatic rings. The second-order valence-electron chi connectivity index (χ2n) is 7.72. The Morgan fingerprint density at radius 2 is 1.72 bits per heavy atom. The normalized spacial score (nSPS) is 29.7. The van der Waals surface area contributed by atoms with Gasteiger partial charge < -0.3 is 4.74 Å². The van der Waals surface area contributed by atoms with E-state index in [0.29, 0.717) is 0 Å². The number of methoxy groups -OCH3 is 1. The Bertz CT molecular complexity index is 766. The fourth-order valence-electron chi connectivity index (χ4n) is 5.18. The summed E-state index contributed by atoms with van der Waals surface area (Å²) in [5, 5.41) is 7.79. The zero-order valence-electron chi connectivity index (χ0n) is 14.4. The molecule has 0 aliphatic heterocycles. The predicted octanol–water partition coefficient (Wildman–Crippen LogP) is 5.04. The molecule has 0 atom stereocenters. The van der Waals surface area contributed by atoms with Crippen LogP contribution in [0.3, 0.4) is 0 Å². The first-order valence-corrected chi connectivity index (χ1v) is 10.1. The van der Waals surface area contributed by atoms with Crippen molar-refractivity contribution in [3.05, 3.63) is 29.6 Å². The van der Waals surface area contributed by atoms with E-state index in [1.54, 1.807) is 18.4 Å². The molecule has 6 rings (SSSR count). The molecule has 0 unspecified atom stereocenters. The van der Waals surface area contributed by atoms with Crippen molar-refractivity contribution in [3.63, 3.8) is 0 Å². The number of rotatable bonds is 4. The molecule has 1 N–H and O–H groups in total. The lowest BCUT2D eigenvalue weighted by atomic mass is 9.55. The summed E-state index contributed by atoms with van der Waals surface area (Å²) >= 11 is 1.62. The summed E-state index contributed by atoms with van der Waals surface area (Å²) in [4.78, 5) is 4.70. The number of aromatic nitrogens is 1. The fraction of sp³-hybridized carbons (Fsp3) is 0.500. The molecule has 130 valence electrons. The summed E-state index contributed by atoms with van der Waals surface area (Å²) in [5.41, 5.74) is 6.77. The fourth-order valence-corrected chi connectivity index (χ4v) is 5.84. The maximum absolute atomic E-state index is 5.21. The van der Waals surface area contributed by atoms with Gasteiger partial charge in [-0.15, -0.1) is 11.3 Å². The van der Waals surface area contributed by atoms with E-state index >= 15 is 0 Å². The monoisotopic (exact) mass is 353 g/mol. The van der Waals surface area contributed by atoms with Crippen LogP contribution in [-0.2, 0) is 0 Å². The SMILES string of the molecule is COc1ccc(-c2csc(NN=C3C4CC5CC(C4)CC3C5)n2)cc1. The molecule has 25 heavy (non-hydrogen) atoms. The Morgan fingerprint density at radius 1 is 1.04 bits per heavy atom. The molecular formula is C20H23N3OS. The highest BCUT2D eigenvalue weighted by Crippen LogP contribution is 2.52. The molecule has 0 amide bonds. The molecular weight excluding hydrogens is 330 g/mol. The van der Waals surface area contributed by atoms with Crippen LogP contribution in [0.4, 0.5) is 5.13 Å². The number of hydrogen-bond donors (Lipinski definition) is 1. The molecule has 1 aromatic heterocycles. The summed E-state index contributed by atoms with van der Waals surface area (Å²) in [7, 11) is 1.68. The van der Waals surface area contributed by atoms with Gasteiger partial charge in [0.05, 0.1) is 12.8 Å². The maximum Gasteiger partial charge on any atom is 0.203 e. The Labute approximate surface area is 152 Å². The molecule has 4 nitrogen and oxygen atoms in total. The quantitative estimate of drug-likeness (QED) is 0.783. The molecule has 1 aromatic carbocycles. The molecule has 4 fully saturated rings. The molecule has 4 aliphatic carbocycles. The minimum Gasteiger partial charge on any atom is -0.497 e. The molecule has 1 heterocycles. The van der Waals surface area contributed by atoms with Crippen LogP contribution in [0.1, 0.15) is 32.1 Å². The van der Waals surface area contributed by atoms with Crippen LogP contribution in [0, 0.1) is 23.7 Å². The zero-order valence-corrected chi connectivity index (χ0v) is 15.3. The number of nitrogens with one attached hydrogen (secondary N) is 1. The van der Waals surface area contributed by atoms with E-state index in [2.05, 4.69) is 10.8 Å². The van der Waals surface area contributed by atoms with Gasteiger partial charge in [-0.1, -0.05) is 0 Å². The minimum atomic E-state index is 0.727. The van der Waals surface area contributed by atoms with Crippen molar-refractivity contribution in [1.82, 2.24) is 4.98 Å². The van der Waals surface area contributed by atoms with Gasteiger partial charge in [0.1, 0.15) is 5.75 Å². The van der Waals surface area contributed by atoms with Gasteiger partial charge >= 0.3 is 0 Å². The summed E-state index contributed by atoms with van der Waals surface area (Å²) in [6.45, 7) is 0.